The highest BCUT2D eigenvalue weighted by molar-refractivity contribution is 5.88. The van der Waals surface area contributed by atoms with Crippen LogP contribution in [0.3, 0.4) is 0 Å². The van der Waals surface area contributed by atoms with Gasteiger partial charge in [-0.3, -0.25) is 9.20 Å². The van der Waals surface area contributed by atoms with E-state index in [1.165, 1.54) is 11.8 Å². The highest BCUT2D eigenvalue weighted by Gasteiger charge is 2.12. The average Bonchev–Trinajstić information content (AvgIpc) is 2.73. The SMILES string of the molecule is CNc1ccc(-c2cc(=O)n3cc(C4=CCN(C)CC4)ccc3n2)cc1C=N. The number of pyridine rings is 1. The Morgan fingerprint density at radius 3 is 2.71 bits per heavy atom. The van der Waals surface area contributed by atoms with Crippen LogP contribution in [0, 0.1) is 5.41 Å². The summed E-state index contributed by atoms with van der Waals surface area (Å²) in [5.74, 6) is 0. The van der Waals surface area contributed by atoms with Crippen LogP contribution in [0.4, 0.5) is 5.69 Å². The van der Waals surface area contributed by atoms with Gasteiger partial charge in [0.25, 0.3) is 5.56 Å². The first-order valence-corrected chi connectivity index (χ1v) is 9.33. The van der Waals surface area contributed by atoms with E-state index >= 15 is 0 Å². The largest absolute Gasteiger partial charge is 0.388 e. The molecule has 2 aromatic heterocycles. The van der Waals surface area contributed by atoms with E-state index in [2.05, 4.69) is 28.3 Å². The van der Waals surface area contributed by atoms with E-state index in [0.717, 1.165) is 41.9 Å². The summed E-state index contributed by atoms with van der Waals surface area (Å²) in [6, 6.07) is 11.2. The minimum absolute atomic E-state index is 0.107. The van der Waals surface area contributed by atoms with Crippen molar-refractivity contribution in [3.05, 3.63) is 70.2 Å². The standard InChI is InChI=1S/C22H23N5O/c1-24-19-5-3-16(11-18(19)13-23)20-12-22(28)27-14-17(4-6-21(27)25-20)15-7-9-26(2)10-8-15/h3-7,11-14,23-24H,8-10H2,1-2H3. The van der Waals surface area contributed by atoms with Gasteiger partial charge < -0.3 is 15.6 Å². The molecule has 0 bridgehead atoms. The Labute approximate surface area is 163 Å². The summed E-state index contributed by atoms with van der Waals surface area (Å²) >= 11 is 0. The van der Waals surface area contributed by atoms with E-state index < -0.39 is 0 Å². The monoisotopic (exact) mass is 373 g/mol. The Morgan fingerprint density at radius 1 is 1.18 bits per heavy atom. The molecule has 0 aliphatic carbocycles. The quantitative estimate of drug-likeness (QED) is 0.689. The molecule has 0 atom stereocenters. The van der Waals surface area contributed by atoms with Crippen molar-refractivity contribution >= 4 is 23.1 Å². The molecule has 0 amide bonds. The molecular weight excluding hydrogens is 350 g/mol. The van der Waals surface area contributed by atoms with Crippen molar-refractivity contribution in [3.63, 3.8) is 0 Å². The van der Waals surface area contributed by atoms with Crippen molar-refractivity contribution in [3.8, 4) is 11.3 Å². The fraction of sp³-hybridized carbons (Fsp3) is 0.227. The smallest absolute Gasteiger partial charge is 0.258 e. The van der Waals surface area contributed by atoms with E-state index in [0.29, 0.717) is 11.3 Å². The molecule has 1 aliphatic rings. The third-order valence-corrected chi connectivity index (χ3v) is 5.21. The molecule has 3 heterocycles. The predicted octanol–water partition coefficient (Wildman–Crippen LogP) is 3.12. The van der Waals surface area contributed by atoms with Gasteiger partial charge in [0, 0.05) is 55.4 Å². The van der Waals surface area contributed by atoms with Crippen LogP contribution in [0.15, 0.2) is 53.5 Å². The fourth-order valence-electron chi connectivity index (χ4n) is 3.54. The maximum absolute atomic E-state index is 12.8. The summed E-state index contributed by atoms with van der Waals surface area (Å²) in [6.07, 6.45) is 6.38. The predicted molar refractivity (Wildman–Crippen MR) is 114 cm³/mol. The number of rotatable bonds is 4. The van der Waals surface area contributed by atoms with Gasteiger partial charge in [0.15, 0.2) is 0 Å². The molecule has 1 aromatic carbocycles. The van der Waals surface area contributed by atoms with Gasteiger partial charge in [-0.1, -0.05) is 12.1 Å². The van der Waals surface area contributed by atoms with Gasteiger partial charge in [0.1, 0.15) is 5.65 Å². The highest BCUT2D eigenvalue weighted by Crippen LogP contribution is 2.24. The normalized spacial score (nSPS) is 14.7. The maximum atomic E-state index is 12.8. The molecule has 142 valence electrons. The molecule has 6 nitrogen and oxygen atoms in total. The second kappa shape index (κ2) is 7.40. The lowest BCUT2D eigenvalue weighted by Crippen LogP contribution is -2.24. The first-order valence-electron chi connectivity index (χ1n) is 9.33. The summed E-state index contributed by atoms with van der Waals surface area (Å²) in [5, 5.41) is 10.7. The lowest BCUT2D eigenvalue weighted by atomic mass is 10.0. The number of likely N-dealkylation sites (N-methyl/N-ethyl adjacent to an activating group) is 1. The van der Waals surface area contributed by atoms with Crippen LogP contribution in [0.25, 0.3) is 22.5 Å². The van der Waals surface area contributed by atoms with Gasteiger partial charge in [-0.05, 0) is 48.9 Å². The lowest BCUT2D eigenvalue weighted by Gasteiger charge is -2.22. The van der Waals surface area contributed by atoms with Crippen LogP contribution in [0.1, 0.15) is 17.5 Å². The minimum atomic E-state index is -0.107. The number of fused-ring (bicyclic) bond motifs is 1. The Hall–Kier alpha value is -3.25. The number of hydrogen-bond acceptors (Lipinski definition) is 5. The molecule has 1 aliphatic heterocycles. The van der Waals surface area contributed by atoms with E-state index in [1.54, 1.807) is 10.5 Å². The summed E-state index contributed by atoms with van der Waals surface area (Å²) < 4.78 is 1.61. The van der Waals surface area contributed by atoms with Crippen LogP contribution < -0.4 is 10.9 Å². The van der Waals surface area contributed by atoms with Crippen molar-refractivity contribution in [1.29, 1.82) is 5.41 Å². The maximum Gasteiger partial charge on any atom is 0.258 e. The van der Waals surface area contributed by atoms with E-state index in [4.69, 9.17) is 5.41 Å². The van der Waals surface area contributed by atoms with Crippen LogP contribution in [-0.2, 0) is 0 Å². The lowest BCUT2D eigenvalue weighted by molar-refractivity contribution is 0.370. The summed E-state index contributed by atoms with van der Waals surface area (Å²) in [5.41, 5.74) is 5.91. The molecule has 0 saturated carbocycles. The van der Waals surface area contributed by atoms with Crippen LogP contribution in [-0.4, -0.2) is 47.7 Å². The molecule has 3 aromatic rings. The van der Waals surface area contributed by atoms with E-state index in [-0.39, 0.29) is 5.56 Å². The number of aromatic nitrogens is 2. The zero-order chi connectivity index (χ0) is 19.7. The van der Waals surface area contributed by atoms with Crippen molar-refractivity contribution in [2.24, 2.45) is 0 Å². The van der Waals surface area contributed by atoms with Crippen molar-refractivity contribution < 1.29 is 0 Å². The van der Waals surface area contributed by atoms with Gasteiger partial charge >= 0.3 is 0 Å². The first-order chi connectivity index (χ1) is 13.6. The van der Waals surface area contributed by atoms with E-state index in [1.807, 2.05) is 43.6 Å². The van der Waals surface area contributed by atoms with Crippen LogP contribution in [0.2, 0.25) is 0 Å². The third kappa shape index (κ3) is 3.34. The highest BCUT2D eigenvalue weighted by atomic mass is 16.1. The molecular formula is C22H23N5O. The molecule has 0 fully saturated rings. The molecule has 0 spiro atoms. The zero-order valence-corrected chi connectivity index (χ0v) is 16.1. The molecule has 6 heteroatoms. The molecule has 0 unspecified atom stereocenters. The Bertz CT molecular complexity index is 1150. The number of benzene rings is 1. The Kier molecular flexibility index (Phi) is 4.79. The summed E-state index contributed by atoms with van der Waals surface area (Å²) in [6.45, 7) is 1.95. The second-order valence-corrected chi connectivity index (χ2v) is 7.06. The van der Waals surface area contributed by atoms with Crippen molar-refractivity contribution in [1.82, 2.24) is 14.3 Å². The molecule has 28 heavy (non-hydrogen) atoms. The van der Waals surface area contributed by atoms with Crippen LogP contribution in [0.5, 0.6) is 0 Å². The number of hydrogen-bond donors (Lipinski definition) is 2. The zero-order valence-electron chi connectivity index (χ0n) is 16.1. The summed E-state index contributed by atoms with van der Waals surface area (Å²) in [4.78, 5) is 19.7. The van der Waals surface area contributed by atoms with Gasteiger partial charge in [-0.15, -0.1) is 0 Å². The van der Waals surface area contributed by atoms with Gasteiger partial charge in [-0.2, -0.15) is 0 Å². The van der Waals surface area contributed by atoms with Crippen molar-refractivity contribution in [2.45, 2.75) is 6.42 Å². The number of nitrogens with zero attached hydrogens (tertiary/aromatic N) is 3. The second-order valence-electron chi connectivity index (χ2n) is 7.06. The van der Waals surface area contributed by atoms with Crippen LogP contribution >= 0.6 is 0 Å². The molecule has 2 N–H and O–H groups in total. The average molecular weight is 373 g/mol. The first kappa shape index (κ1) is 18.1. The minimum Gasteiger partial charge on any atom is -0.388 e. The van der Waals surface area contributed by atoms with Crippen molar-refractivity contribution in [2.75, 3.05) is 32.5 Å². The molecule has 0 saturated heterocycles. The Balaban J connectivity index is 1.77. The molecule has 0 radical (unpaired) electrons. The third-order valence-electron chi connectivity index (χ3n) is 5.21. The van der Waals surface area contributed by atoms with E-state index in [9.17, 15) is 4.79 Å². The molecule has 4 rings (SSSR count). The fourth-order valence-corrected chi connectivity index (χ4v) is 3.54. The topological polar surface area (TPSA) is 73.5 Å². The van der Waals surface area contributed by atoms with Gasteiger partial charge in [-0.25, -0.2) is 4.98 Å². The number of anilines is 1. The Morgan fingerprint density at radius 2 is 2.00 bits per heavy atom. The number of nitrogens with one attached hydrogen (secondary N) is 2. The summed E-state index contributed by atoms with van der Waals surface area (Å²) in [7, 11) is 3.93. The van der Waals surface area contributed by atoms with Gasteiger partial charge in [0.05, 0.1) is 5.69 Å². The van der Waals surface area contributed by atoms with Gasteiger partial charge in [0.2, 0.25) is 0 Å².